The summed E-state index contributed by atoms with van der Waals surface area (Å²) in [7, 11) is 0. The maximum atomic E-state index is 6.02. The summed E-state index contributed by atoms with van der Waals surface area (Å²) >= 11 is 0. The number of hydrogen-bond donors (Lipinski definition) is 1. The standard InChI is InChI=1S/C17H25N3/c1-12(2)20-15-6-5-13(3)9-14(15)19-16(20)10-17(11-18)7-4-8-17/h5-6,9,12H,4,7-8,10-11,18H2,1-3H3. The van der Waals surface area contributed by atoms with Crippen LogP contribution in [-0.4, -0.2) is 16.1 Å². The van der Waals surface area contributed by atoms with E-state index in [9.17, 15) is 0 Å². The van der Waals surface area contributed by atoms with Crippen LogP contribution >= 0.6 is 0 Å². The van der Waals surface area contributed by atoms with Gasteiger partial charge in [-0.3, -0.25) is 0 Å². The van der Waals surface area contributed by atoms with Gasteiger partial charge in [0.15, 0.2) is 0 Å². The van der Waals surface area contributed by atoms with Crippen molar-refractivity contribution in [3.63, 3.8) is 0 Å². The van der Waals surface area contributed by atoms with Crippen molar-refractivity contribution >= 4 is 11.0 Å². The number of imidazole rings is 1. The normalized spacial score (nSPS) is 17.6. The van der Waals surface area contributed by atoms with E-state index in [-0.39, 0.29) is 0 Å². The number of fused-ring (bicyclic) bond motifs is 1. The zero-order valence-electron chi connectivity index (χ0n) is 12.8. The molecule has 1 aromatic heterocycles. The van der Waals surface area contributed by atoms with Crippen molar-refractivity contribution in [2.75, 3.05) is 6.54 Å². The molecule has 3 nitrogen and oxygen atoms in total. The van der Waals surface area contributed by atoms with Crippen LogP contribution in [0.3, 0.4) is 0 Å². The summed E-state index contributed by atoms with van der Waals surface area (Å²) in [6, 6.07) is 7.01. The molecule has 0 radical (unpaired) electrons. The Morgan fingerprint density at radius 3 is 2.65 bits per heavy atom. The summed E-state index contributed by atoms with van der Waals surface area (Å²) in [5, 5.41) is 0. The number of nitrogens with two attached hydrogens (primary N) is 1. The van der Waals surface area contributed by atoms with Gasteiger partial charge in [-0.05, 0) is 63.3 Å². The summed E-state index contributed by atoms with van der Waals surface area (Å²) in [5.74, 6) is 1.21. The molecule has 3 rings (SSSR count). The summed E-state index contributed by atoms with van der Waals surface area (Å²) in [6.45, 7) is 7.38. The quantitative estimate of drug-likeness (QED) is 0.923. The summed E-state index contributed by atoms with van der Waals surface area (Å²) < 4.78 is 2.39. The van der Waals surface area contributed by atoms with E-state index in [1.54, 1.807) is 0 Å². The van der Waals surface area contributed by atoms with Gasteiger partial charge in [-0.25, -0.2) is 4.98 Å². The lowest BCUT2D eigenvalue weighted by Gasteiger charge is -2.41. The Bertz CT molecular complexity index is 615. The average Bonchev–Trinajstić information content (AvgIpc) is 2.70. The first kappa shape index (κ1) is 13.6. The fourth-order valence-corrected chi connectivity index (χ4v) is 3.42. The molecule has 20 heavy (non-hydrogen) atoms. The molecular weight excluding hydrogens is 246 g/mol. The molecule has 0 amide bonds. The molecule has 0 spiro atoms. The topological polar surface area (TPSA) is 43.8 Å². The third kappa shape index (κ3) is 2.14. The molecule has 3 heteroatoms. The lowest BCUT2D eigenvalue weighted by Crippen LogP contribution is -2.40. The van der Waals surface area contributed by atoms with Crippen molar-refractivity contribution in [3.8, 4) is 0 Å². The van der Waals surface area contributed by atoms with Crippen molar-refractivity contribution < 1.29 is 0 Å². The van der Waals surface area contributed by atoms with Gasteiger partial charge in [-0.1, -0.05) is 12.5 Å². The molecular formula is C17H25N3. The Hall–Kier alpha value is -1.35. The minimum absolute atomic E-state index is 0.309. The first-order valence-electron chi connectivity index (χ1n) is 7.72. The Morgan fingerprint density at radius 2 is 2.10 bits per heavy atom. The van der Waals surface area contributed by atoms with Crippen LogP contribution in [0.1, 0.15) is 50.5 Å². The second-order valence-electron chi connectivity index (χ2n) is 6.72. The van der Waals surface area contributed by atoms with Crippen LogP contribution in [0, 0.1) is 12.3 Å². The van der Waals surface area contributed by atoms with Gasteiger partial charge in [-0.15, -0.1) is 0 Å². The van der Waals surface area contributed by atoms with Crippen molar-refractivity contribution in [3.05, 3.63) is 29.6 Å². The molecule has 2 aromatic rings. The van der Waals surface area contributed by atoms with Crippen molar-refractivity contribution in [2.45, 2.75) is 52.5 Å². The van der Waals surface area contributed by atoms with Crippen molar-refractivity contribution in [1.29, 1.82) is 0 Å². The van der Waals surface area contributed by atoms with Crippen LogP contribution in [-0.2, 0) is 6.42 Å². The Labute approximate surface area is 121 Å². The molecule has 1 aromatic carbocycles. The van der Waals surface area contributed by atoms with E-state index >= 15 is 0 Å². The van der Waals surface area contributed by atoms with Crippen LogP contribution in [0.4, 0.5) is 0 Å². The van der Waals surface area contributed by atoms with Gasteiger partial charge < -0.3 is 10.3 Å². The highest BCUT2D eigenvalue weighted by molar-refractivity contribution is 5.77. The van der Waals surface area contributed by atoms with E-state index in [0.717, 1.165) is 18.5 Å². The monoisotopic (exact) mass is 271 g/mol. The first-order valence-corrected chi connectivity index (χ1v) is 7.72. The minimum Gasteiger partial charge on any atom is -0.330 e. The second-order valence-corrected chi connectivity index (χ2v) is 6.72. The Kier molecular flexibility index (Phi) is 3.33. The highest BCUT2D eigenvalue weighted by Gasteiger charge is 2.37. The molecule has 108 valence electrons. The molecule has 0 unspecified atom stereocenters. The SMILES string of the molecule is Cc1ccc2c(c1)nc(CC1(CN)CCC1)n2C(C)C. The maximum Gasteiger partial charge on any atom is 0.110 e. The molecule has 1 saturated carbocycles. The smallest absolute Gasteiger partial charge is 0.110 e. The van der Waals surface area contributed by atoms with E-state index in [1.165, 1.54) is 36.2 Å². The number of aryl methyl sites for hydroxylation is 1. The molecule has 0 aliphatic heterocycles. The molecule has 0 atom stereocenters. The number of nitrogens with zero attached hydrogens (tertiary/aromatic N) is 2. The van der Waals surface area contributed by atoms with Gasteiger partial charge in [0.25, 0.3) is 0 Å². The Morgan fingerprint density at radius 1 is 1.35 bits per heavy atom. The van der Waals surface area contributed by atoms with Crippen LogP contribution in [0.15, 0.2) is 18.2 Å². The Balaban J connectivity index is 2.07. The predicted octanol–water partition coefficient (Wildman–Crippen LogP) is 3.60. The number of rotatable bonds is 4. The maximum absolute atomic E-state index is 6.02. The second kappa shape index (κ2) is 4.88. The molecule has 1 aliphatic rings. The fourth-order valence-electron chi connectivity index (χ4n) is 3.42. The highest BCUT2D eigenvalue weighted by atomic mass is 15.1. The molecule has 0 bridgehead atoms. The molecule has 0 saturated heterocycles. The number of aromatic nitrogens is 2. The fraction of sp³-hybridized carbons (Fsp3) is 0.588. The lowest BCUT2D eigenvalue weighted by atomic mass is 9.66. The van der Waals surface area contributed by atoms with Crippen molar-refractivity contribution in [2.24, 2.45) is 11.1 Å². The molecule has 2 N–H and O–H groups in total. The highest BCUT2D eigenvalue weighted by Crippen LogP contribution is 2.43. The van der Waals surface area contributed by atoms with Crippen LogP contribution in [0.25, 0.3) is 11.0 Å². The predicted molar refractivity (Wildman–Crippen MR) is 83.9 cm³/mol. The minimum atomic E-state index is 0.309. The van der Waals surface area contributed by atoms with E-state index in [4.69, 9.17) is 10.7 Å². The van der Waals surface area contributed by atoms with Crippen molar-refractivity contribution in [1.82, 2.24) is 9.55 Å². The third-order valence-electron chi connectivity index (χ3n) is 4.81. The van der Waals surface area contributed by atoms with Gasteiger partial charge in [0.2, 0.25) is 0 Å². The van der Waals surface area contributed by atoms with E-state index < -0.39 is 0 Å². The summed E-state index contributed by atoms with van der Waals surface area (Å²) in [5.41, 5.74) is 9.99. The van der Waals surface area contributed by atoms with Gasteiger partial charge in [0, 0.05) is 12.5 Å². The number of benzene rings is 1. The van der Waals surface area contributed by atoms with Crippen LogP contribution in [0.2, 0.25) is 0 Å². The van der Waals surface area contributed by atoms with E-state index in [1.807, 2.05) is 0 Å². The molecule has 1 aliphatic carbocycles. The molecule has 1 heterocycles. The van der Waals surface area contributed by atoms with E-state index in [2.05, 4.69) is 43.5 Å². The third-order valence-corrected chi connectivity index (χ3v) is 4.81. The zero-order valence-corrected chi connectivity index (χ0v) is 12.8. The van der Waals surface area contributed by atoms with Gasteiger partial charge in [-0.2, -0.15) is 0 Å². The lowest BCUT2D eigenvalue weighted by molar-refractivity contribution is 0.139. The van der Waals surface area contributed by atoms with Gasteiger partial charge >= 0.3 is 0 Å². The van der Waals surface area contributed by atoms with Gasteiger partial charge in [0.05, 0.1) is 11.0 Å². The first-order chi connectivity index (χ1) is 9.54. The average molecular weight is 271 g/mol. The summed E-state index contributed by atoms with van der Waals surface area (Å²) in [6.07, 6.45) is 4.85. The molecule has 1 fully saturated rings. The van der Waals surface area contributed by atoms with Gasteiger partial charge in [0.1, 0.15) is 5.82 Å². The largest absolute Gasteiger partial charge is 0.330 e. The number of hydrogen-bond acceptors (Lipinski definition) is 2. The van der Waals surface area contributed by atoms with Crippen LogP contribution in [0.5, 0.6) is 0 Å². The van der Waals surface area contributed by atoms with Crippen LogP contribution < -0.4 is 5.73 Å². The zero-order chi connectivity index (χ0) is 14.3. The summed E-state index contributed by atoms with van der Waals surface area (Å²) in [4.78, 5) is 4.92. The van der Waals surface area contributed by atoms with E-state index in [0.29, 0.717) is 11.5 Å².